The smallest absolute Gasteiger partial charge is 0.350 e. The fourth-order valence-electron chi connectivity index (χ4n) is 8.13. The van der Waals surface area contributed by atoms with Crippen LogP contribution < -0.4 is 30.7 Å². The Bertz CT molecular complexity index is 2330. The second-order valence-electron chi connectivity index (χ2n) is 20.5. The fourth-order valence-corrected chi connectivity index (χ4v) is 8.13. The van der Waals surface area contributed by atoms with Crippen molar-refractivity contribution in [3.8, 4) is 11.8 Å². The van der Waals surface area contributed by atoms with Crippen LogP contribution in [0.25, 0.3) is 0 Å². The SMILES string of the molecule is CCCc1cc(N2CCN(CCCCn3ccc(OCC)nc3=O)CC2)nc(C(C)(C)C)n1.CCCc1cc(N2CCN(CCCCn3ccc(OCC)nc3=O)CC2)nc(C(C)(C)C)n1.O=C(O)C=CC(=O)O. The number of carbonyl (C=O) groups is 2. The normalized spacial score (nSPS) is 14.5. The number of anilines is 2. The van der Waals surface area contributed by atoms with Crippen LogP contribution in [0.15, 0.2) is 58.4 Å². The van der Waals surface area contributed by atoms with Gasteiger partial charge in [-0.05, 0) is 65.5 Å². The number of rotatable bonds is 22. The van der Waals surface area contributed by atoms with Crippen molar-refractivity contribution in [2.75, 3.05) is 88.5 Å². The Labute approximate surface area is 437 Å². The van der Waals surface area contributed by atoms with E-state index in [9.17, 15) is 19.2 Å². The first kappa shape index (κ1) is 60.3. The van der Waals surface area contributed by atoms with Crippen molar-refractivity contribution in [2.45, 2.75) is 145 Å². The van der Waals surface area contributed by atoms with E-state index in [1.165, 1.54) is 0 Å². The van der Waals surface area contributed by atoms with E-state index in [1.54, 1.807) is 33.7 Å². The molecule has 2 fully saturated rings. The number of carboxylic acids is 2. The van der Waals surface area contributed by atoms with Gasteiger partial charge in [0.25, 0.3) is 0 Å². The van der Waals surface area contributed by atoms with Gasteiger partial charge in [0, 0.05) is 136 Å². The van der Waals surface area contributed by atoms with E-state index in [1.807, 2.05) is 13.8 Å². The first-order chi connectivity index (χ1) is 35.2. The van der Waals surface area contributed by atoms with Crippen molar-refractivity contribution < 1.29 is 29.3 Å². The Kier molecular flexibility index (Phi) is 24.6. The molecule has 4 aromatic heterocycles. The van der Waals surface area contributed by atoms with Gasteiger partial charge in [0.05, 0.1) is 13.2 Å². The number of ether oxygens (including phenoxy) is 2. The van der Waals surface area contributed by atoms with E-state index >= 15 is 0 Å². The van der Waals surface area contributed by atoms with E-state index < -0.39 is 11.9 Å². The molecule has 0 saturated carbocycles. The summed E-state index contributed by atoms with van der Waals surface area (Å²) in [6.07, 6.45) is 12.9. The zero-order chi connectivity index (χ0) is 54.3. The molecule has 408 valence electrons. The maximum absolute atomic E-state index is 12.1. The highest BCUT2D eigenvalue weighted by molar-refractivity contribution is 5.89. The number of carboxylic acid groups (broad SMARTS) is 2. The lowest BCUT2D eigenvalue weighted by atomic mass is 9.95. The van der Waals surface area contributed by atoms with Crippen LogP contribution in [0, 0.1) is 0 Å². The molecular formula is C54H84N12O8. The Morgan fingerprint density at radius 3 is 1.19 bits per heavy atom. The molecule has 2 saturated heterocycles. The van der Waals surface area contributed by atoms with Gasteiger partial charge in [0.1, 0.15) is 23.3 Å². The number of piperazine rings is 2. The van der Waals surface area contributed by atoms with Crippen LogP contribution in [0.2, 0.25) is 0 Å². The number of aryl methyl sites for hydroxylation is 4. The number of aromatic nitrogens is 8. The minimum atomic E-state index is -1.26. The summed E-state index contributed by atoms with van der Waals surface area (Å²) in [5, 5.41) is 15.6. The van der Waals surface area contributed by atoms with Crippen molar-refractivity contribution in [1.82, 2.24) is 48.8 Å². The summed E-state index contributed by atoms with van der Waals surface area (Å²) < 4.78 is 13.9. The largest absolute Gasteiger partial charge is 0.478 e. The highest BCUT2D eigenvalue weighted by atomic mass is 16.5. The number of hydrogen-bond acceptors (Lipinski definition) is 16. The lowest BCUT2D eigenvalue weighted by Gasteiger charge is -2.36. The highest BCUT2D eigenvalue weighted by Crippen LogP contribution is 2.25. The first-order valence-electron chi connectivity index (χ1n) is 26.5. The molecular weight excluding hydrogens is 945 g/mol. The molecule has 2 N–H and O–H groups in total. The summed E-state index contributed by atoms with van der Waals surface area (Å²) in [6, 6.07) is 7.87. The van der Waals surface area contributed by atoms with Crippen LogP contribution in [-0.2, 0) is 46.4 Å². The molecule has 2 aliphatic heterocycles. The van der Waals surface area contributed by atoms with E-state index in [4.69, 9.17) is 39.6 Å². The van der Waals surface area contributed by atoms with Gasteiger partial charge in [-0.15, -0.1) is 0 Å². The Morgan fingerprint density at radius 1 is 0.541 bits per heavy atom. The van der Waals surface area contributed by atoms with Crippen LogP contribution in [-0.4, -0.2) is 150 Å². The third kappa shape index (κ3) is 20.9. The number of nitrogens with zero attached hydrogens (tertiary/aromatic N) is 12. The summed E-state index contributed by atoms with van der Waals surface area (Å²) in [6.45, 7) is 33.8. The van der Waals surface area contributed by atoms with Crippen LogP contribution in [0.3, 0.4) is 0 Å². The number of aliphatic carboxylic acids is 2. The van der Waals surface area contributed by atoms with Crippen molar-refractivity contribution in [3.63, 3.8) is 0 Å². The third-order valence-corrected chi connectivity index (χ3v) is 12.2. The van der Waals surface area contributed by atoms with E-state index in [0.29, 0.717) is 50.2 Å². The van der Waals surface area contributed by atoms with Crippen LogP contribution in [0.4, 0.5) is 11.6 Å². The van der Waals surface area contributed by atoms with Crippen molar-refractivity contribution in [1.29, 1.82) is 0 Å². The van der Waals surface area contributed by atoms with Gasteiger partial charge in [0.15, 0.2) is 0 Å². The van der Waals surface area contributed by atoms with Gasteiger partial charge < -0.3 is 29.5 Å². The van der Waals surface area contributed by atoms with Crippen molar-refractivity contribution >= 4 is 23.6 Å². The van der Waals surface area contributed by atoms with Gasteiger partial charge in [-0.1, -0.05) is 68.2 Å². The van der Waals surface area contributed by atoms with Crippen molar-refractivity contribution in [3.05, 3.63) is 92.8 Å². The molecule has 0 atom stereocenters. The zero-order valence-electron chi connectivity index (χ0n) is 45.9. The maximum Gasteiger partial charge on any atom is 0.350 e. The van der Waals surface area contributed by atoms with E-state index in [-0.39, 0.29) is 22.2 Å². The minimum Gasteiger partial charge on any atom is -0.478 e. The molecule has 0 aliphatic carbocycles. The fraction of sp³-hybridized carbons (Fsp3) is 0.630. The first-order valence-corrected chi connectivity index (χ1v) is 26.5. The summed E-state index contributed by atoms with van der Waals surface area (Å²) in [7, 11) is 0. The summed E-state index contributed by atoms with van der Waals surface area (Å²) in [5.41, 5.74) is 1.71. The molecule has 6 heterocycles. The Morgan fingerprint density at radius 2 is 0.892 bits per heavy atom. The molecule has 0 aromatic carbocycles. The molecule has 0 spiro atoms. The van der Waals surface area contributed by atoms with Crippen LogP contribution in [0.1, 0.15) is 131 Å². The molecule has 74 heavy (non-hydrogen) atoms. The topological polar surface area (TPSA) is 227 Å². The molecule has 20 nitrogen and oxygen atoms in total. The van der Waals surface area contributed by atoms with Gasteiger partial charge in [-0.2, -0.15) is 9.97 Å². The molecule has 2 aliphatic rings. The van der Waals surface area contributed by atoms with E-state index in [2.05, 4.69) is 97.1 Å². The standard InChI is InChI=1S/2C25H40N6O2.C4H4O4/c2*1-6-10-20-19-21(27-23(26-20)25(3,4)5)30-17-15-29(16-18-30)12-8-9-13-31-14-11-22(33-7-2)28-24(31)32;5-3(6)1-2-4(7)8/h2*11,14,19H,6-10,12-13,15-18H2,1-5H3;1-2H,(H,5,6)(H,7,8). The molecule has 0 radical (unpaired) electrons. The number of unbranched alkanes of at least 4 members (excludes halogenated alkanes) is 2. The van der Waals surface area contributed by atoms with Gasteiger partial charge in [0.2, 0.25) is 11.8 Å². The molecule has 4 aromatic rings. The summed E-state index contributed by atoms with van der Waals surface area (Å²) >= 11 is 0. The van der Waals surface area contributed by atoms with Gasteiger partial charge in [-0.25, -0.2) is 39.1 Å². The average Bonchev–Trinajstić information content (AvgIpc) is 3.35. The molecule has 6 rings (SSSR count). The molecule has 0 unspecified atom stereocenters. The number of hydrogen-bond donors (Lipinski definition) is 2. The molecule has 0 bridgehead atoms. The van der Waals surface area contributed by atoms with E-state index in [0.717, 1.165) is 151 Å². The second-order valence-corrected chi connectivity index (χ2v) is 20.5. The lowest BCUT2D eigenvalue weighted by Crippen LogP contribution is -2.47. The maximum atomic E-state index is 12.1. The molecule has 0 amide bonds. The Balaban J connectivity index is 0.000000279. The zero-order valence-corrected chi connectivity index (χ0v) is 45.9. The lowest BCUT2D eigenvalue weighted by molar-refractivity contribution is -0.134. The third-order valence-electron chi connectivity index (χ3n) is 12.2. The van der Waals surface area contributed by atoms with Gasteiger partial charge in [-0.3, -0.25) is 18.9 Å². The monoisotopic (exact) mass is 1030 g/mol. The summed E-state index contributed by atoms with van der Waals surface area (Å²) in [5.74, 6) is 2.30. The molecule has 20 heteroatoms. The average molecular weight is 1030 g/mol. The van der Waals surface area contributed by atoms with Crippen molar-refractivity contribution in [2.24, 2.45) is 0 Å². The van der Waals surface area contributed by atoms with Gasteiger partial charge >= 0.3 is 23.3 Å². The minimum absolute atomic E-state index is 0.0544. The Hall–Kier alpha value is -6.28. The summed E-state index contributed by atoms with van der Waals surface area (Å²) in [4.78, 5) is 80.5. The van der Waals surface area contributed by atoms with Crippen LogP contribution >= 0.6 is 0 Å². The van der Waals surface area contributed by atoms with Crippen LogP contribution in [0.5, 0.6) is 11.8 Å². The quantitative estimate of drug-likeness (QED) is 0.0652. The predicted octanol–water partition coefficient (Wildman–Crippen LogP) is 6.28. The second kappa shape index (κ2) is 30.2. The predicted molar refractivity (Wildman–Crippen MR) is 289 cm³/mol. The highest BCUT2D eigenvalue weighted by Gasteiger charge is 2.25.